The Morgan fingerprint density at radius 2 is 1.71 bits per heavy atom. The van der Waals surface area contributed by atoms with Crippen molar-refractivity contribution in [2.45, 2.75) is 44.4 Å². The fourth-order valence-electron chi connectivity index (χ4n) is 3.78. The number of benzene rings is 2. The van der Waals surface area contributed by atoms with Crippen molar-refractivity contribution in [3.8, 4) is 0 Å². The summed E-state index contributed by atoms with van der Waals surface area (Å²) in [7, 11) is -3.50. The van der Waals surface area contributed by atoms with Crippen molar-refractivity contribution >= 4 is 21.6 Å². The van der Waals surface area contributed by atoms with Crippen molar-refractivity contribution in [2.75, 3.05) is 24.5 Å². The fraction of sp³-hybridized carbons (Fsp3) is 0.409. The highest BCUT2D eigenvalue weighted by molar-refractivity contribution is 7.89. The summed E-state index contributed by atoms with van der Waals surface area (Å²) in [5.74, 6) is 0.0248. The molecular formula is C22H28N2O3S. The van der Waals surface area contributed by atoms with Crippen molar-refractivity contribution in [2.24, 2.45) is 0 Å². The Hall–Kier alpha value is -2.18. The monoisotopic (exact) mass is 400 g/mol. The molecule has 0 saturated carbocycles. The van der Waals surface area contributed by atoms with Crippen LogP contribution in [-0.2, 0) is 26.7 Å². The number of carbonyl (C=O) groups is 1. The average Bonchev–Trinajstić information content (AvgIpc) is 3.12. The molecule has 1 aliphatic heterocycles. The number of sulfonamides is 1. The second-order valence-corrected chi connectivity index (χ2v) is 9.52. The zero-order valence-corrected chi connectivity index (χ0v) is 17.8. The highest BCUT2D eigenvalue weighted by Gasteiger charge is 2.37. The second-order valence-electron chi connectivity index (χ2n) is 7.58. The molecule has 28 heavy (non-hydrogen) atoms. The fourth-order valence-corrected chi connectivity index (χ4v) is 5.29. The van der Waals surface area contributed by atoms with Crippen molar-refractivity contribution in [1.82, 2.24) is 4.31 Å². The molecule has 0 bridgehead atoms. The number of hydrogen-bond donors (Lipinski definition) is 0. The topological polar surface area (TPSA) is 57.7 Å². The van der Waals surface area contributed by atoms with Gasteiger partial charge in [0.1, 0.15) is 0 Å². The summed E-state index contributed by atoms with van der Waals surface area (Å²) in [4.78, 5) is 15.4. The number of anilines is 1. The van der Waals surface area contributed by atoms with Crippen molar-refractivity contribution in [3.05, 3.63) is 59.7 Å². The quantitative estimate of drug-likeness (QED) is 0.745. The Balaban J connectivity index is 1.92. The molecule has 1 heterocycles. The maximum atomic E-state index is 13.3. The number of fused-ring (bicyclic) bond motifs is 1. The first kappa shape index (κ1) is 20.6. The second kappa shape index (κ2) is 7.68. The van der Waals surface area contributed by atoms with Crippen LogP contribution in [0.5, 0.6) is 0 Å². The number of hydrogen-bond acceptors (Lipinski definition) is 3. The molecule has 2 aromatic rings. The van der Waals surface area contributed by atoms with E-state index in [0.717, 1.165) is 16.8 Å². The molecular weight excluding hydrogens is 372 g/mol. The van der Waals surface area contributed by atoms with Gasteiger partial charge < -0.3 is 4.90 Å². The third-order valence-electron chi connectivity index (χ3n) is 5.56. The first-order valence-electron chi connectivity index (χ1n) is 9.74. The Kier molecular flexibility index (Phi) is 5.64. The highest BCUT2D eigenvalue weighted by Crippen LogP contribution is 2.35. The molecule has 2 aromatic carbocycles. The van der Waals surface area contributed by atoms with Crippen LogP contribution >= 0.6 is 0 Å². The number of amides is 1. The number of nitrogens with zero attached hydrogens (tertiary/aromatic N) is 2. The van der Waals surface area contributed by atoms with Gasteiger partial charge in [-0.15, -0.1) is 0 Å². The number of rotatable bonds is 6. The minimum atomic E-state index is -3.50. The molecule has 1 amide bonds. The van der Waals surface area contributed by atoms with Gasteiger partial charge in [-0.3, -0.25) is 4.79 Å². The predicted octanol–water partition coefficient (Wildman–Crippen LogP) is 3.58. The standard InChI is InChI=1S/C22H28N2O3S/c1-5-23(6-2)28(26,27)19-12-13-20-17(16-19)14-15-24(20)21(25)22(3,4)18-10-8-7-9-11-18/h7-13,16H,5-6,14-15H2,1-4H3. The van der Waals surface area contributed by atoms with Gasteiger partial charge in [-0.05, 0) is 49.6 Å². The summed E-state index contributed by atoms with van der Waals surface area (Å²) in [5, 5.41) is 0. The summed E-state index contributed by atoms with van der Waals surface area (Å²) in [6.07, 6.45) is 0.660. The molecule has 0 atom stereocenters. The first-order chi connectivity index (χ1) is 13.2. The van der Waals surface area contributed by atoms with Gasteiger partial charge in [0, 0.05) is 25.3 Å². The largest absolute Gasteiger partial charge is 0.311 e. The van der Waals surface area contributed by atoms with E-state index >= 15 is 0 Å². The molecule has 0 saturated heterocycles. The molecule has 0 unspecified atom stereocenters. The van der Waals surface area contributed by atoms with E-state index in [1.54, 1.807) is 23.1 Å². The van der Waals surface area contributed by atoms with Gasteiger partial charge in [-0.25, -0.2) is 8.42 Å². The van der Waals surface area contributed by atoms with Crippen molar-refractivity contribution in [3.63, 3.8) is 0 Å². The lowest BCUT2D eigenvalue weighted by Crippen LogP contribution is -2.42. The first-order valence-corrected chi connectivity index (χ1v) is 11.2. The molecule has 0 aromatic heterocycles. The summed E-state index contributed by atoms with van der Waals surface area (Å²) >= 11 is 0. The van der Waals surface area contributed by atoms with E-state index in [9.17, 15) is 13.2 Å². The predicted molar refractivity (Wildman–Crippen MR) is 112 cm³/mol. The van der Waals surface area contributed by atoms with E-state index in [1.807, 2.05) is 58.0 Å². The van der Waals surface area contributed by atoms with Crippen LogP contribution in [0.4, 0.5) is 5.69 Å². The minimum absolute atomic E-state index is 0.0248. The van der Waals surface area contributed by atoms with Gasteiger partial charge in [0.25, 0.3) is 0 Å². The van der Waals surface area contributed by atoms with E-state index in [1.165, 1.54) is 4.31 Å². The van der Waals surface area contributed by atoms with E-state index in [2.05, 4.69) is 0 Å². The third-order valence-corrected chi connectivity index (χ3v) is 7.61. The van der Waals surface area contributed by atoms with Crippen molar-refractivity contribution in [1.29, 1.82) is 0 Å². The van der Waals surface area contributed by atoms with E-state index in [4.69, 9.17) is 0 Å². The Morgan fingerprint density at radius 3 is 2.32 bits per heavy atom. The van der Waals surface area contributed by atoms with E-state index in [-0.39, 0.29) is 5.91 Å². The Labute approximate surface area is 168 Å². The smallest absolute Gasteiger partial charge is 0.243 e. The Bertz CT molecular complexity index is 965. The van der Waals surface area contributed by atoms with E-state index in [0.29, 0.717) is 31.0 Å². The third kappa shape index (κ3) is 3.47. The van der Waals surface area contributed by atoms with Crippen LogP contribution in [0.1, 0.15) is 38.8 Å². The molecule has 0 N–H and O–H groups in total. The molecule has 0 radical (unpaired) electrons. The van der Waals surface area contributed by atoms with Crippen LogP contribution in [0, 0.1) is 0 Å². The van der Waals surface area contributed by atoms with Crippen molar-refractivity contribution < 1.29 is 13.2 Å². The van der Waals surface area contributed by atoms with Crippen LogP contribution in [0.2, 0.25) is 0 Å². The summed E-state index contributed by atoms with van der Waals surface area (Å²) in [5.41, 5.74) is 2.03. The highest BCUT2D eigenvalue weighted by atomic mass is 32.2. The van der Waals surface area contributed by atoms with Crippen LogP contribution in [0.25, 0.3) is 0 Å². The molecule has 0 fully saturated rings. The van der Waals surface area contributed by atoms with Crippen LogP contribution < -0.4 is 4.90 Å². The lowest BCUT2D eigenvalue weighted by molar-refractivity contribution is -0.122. The van der Waals surface area contributed by atoms with Gasteiger partial charge >= 0.3 is 0 Å². The molecule has 1 aliphatic rings. The SMILES string of the molecule is CCN(CC)S(=O)(=O)c1ccc2c(c1)CCN2C(=O)C(C)(C)c1ccccc1. The summed E-state index contributed by atoms with van der Waals surface area (Å²) in [6.45, 7) is 8.97. The molecule has 0 aliphatic carbocycles. The number of carbonyl (C=O) groups excluding carboxylic acids is 1. The molecule has 150 valence electrons. The normalized spacial score (nSPS) is 14.4. The van der Waals surface area contributed by atoms with Crippen LogP contribution in [-0.4, -0.2) is 38.3 Å². The van der Waals surface area contributed by atoms with Gasteiger partial charge in [0.05, 0.1) is 10.3 Å². The summed E-state index contributed by atoms with van der Waals surface area (Å²) in [6, 6.07) is 14.9. The average molecular weight is 401 g/mol. The molecule has 6 heteroatoms. The maximum Gasteiger partial charge on any atom is 0.243 e. The van der Waals surface area contributed by atoms with Crippen LogP contribution in [0.3, 0.4) is 0 Å². The van der Waals surface area contributed by atoms with Gasteiger partial charge in [0.2, 0.25) is 15.9 Å². The zero-order valence-electron chi connectivity index (χ0n) is 17.0. The molecule has 0 spiro atoms. The van der Waals surface area contributed by atoms with Gasteiger partial charge in [0.15, 0.2) is 0 Å². The molecule has 3 rings (SSSR count). The Morgan fingerprint density at radius 1 is 1.07 bits per heavy atom. The summed E-state index contributed by atoms with van der Waals surface area (Å²) < 4.78 is 27.0. The molecule has 5 nitrogen and oxygen atoms in total. The zero-order chi connectivity index (χ0) is 20.5. The minimum Gasteiger partial charge on any atom is -0.311 e. The van der Waals surface area contributed by atoms with Gasteiger partial charge in [-0.2, -0.15) is 4.31 Å². The van der Waals surface area contributed by atoms with Gasteiger partial charge in [-0.1, -0.05) is 44.2 Å². The lowest BCUT2D eigenvalue weighted by atomic mass is 9.83. The lowest BCUT2D eigenvalue weighted by Gasteiger charge is -2.30. The van der Waals surface area contributed by atoms with E-state index < -0.39 is 15.4 Å². The maximum absolute atomic E-state index is 13.3. The van der Waals surface area contributed by atoms with Crippen LogP contribution in [0.15, 0.2) is 53.4 Å².